The number of hydrogen-bond acceptors (Lipinski definition) is 2. The Morgan fingerprint density at radius 3 is 2.56 bits per heavy atom. The van der Waals surface area contributed by atoms with Crippen LogP contribution in [0.25, 0.3) is 0 Å². The van der Waals surface area contributed by atoms with E-state index in [0.29, 0.717) is 6.54 Å². The SMILES string of the molecule is CC(C)c1ccccc1N1CC(C(=O)Nc2ccccc2F)CC1=O. The Balaban J connectivity index is 1.77. The van der Waals surface area contributed by atoms with E-state index in [4.69, 9.17) is 0 Å². The van der Waals surface area contributed by atoms with Gasteiger partial charge in [0.15, 0.2) is 0 Å². The number of amides is 2. The number of carbonyl (C=O) groups is 2. The van der Waals surface area contributed by atoms with Crippen LogP contribution in [0.15, 0.2) is 48.5 Å². The monoisotopic (exact) mass is 340 g/mol. The van der Waals surface area contributed by atoms with Crippen molar-refractivity contribution in [3.05, 3.63) is 59.9 Å². The molecule has 0 saturated carbocycles. The second-order valence-electron chi connectivity index (χ2n) is 6.59. The Hall–Kier alpha value is -2.69. The van der Waals surface area contributed by atoms with Crippen LogP contribution >= 0.6 is 0 Å². The molecule has 1 aliphatic heterocycles. The van der Waals surface area contributed by atoms with Crippen molar-refractivity contribution in [1.82, 2.24) is 0 Å². The van der Waals surface area contributed by atoms with Crippen LogP contribution in [0.3, 0.4) is 0 Å². The van der Waals surface area contributed by atoms with Crippen LogP contribution in [0.4, 0.5) is 15.8 Å². The second kappa shape index (κ2) is 7.05. The molecule has 25 heavy (non-hydrogen) atoms. The molecule has 0 spiro atoms. The topological polar surface area (TPSA) is 49.4 Å². The molecular weight excluding hydrogens is 319 g/mol. The molecule has 4 nitrogen and oxygen atoms in total. The second-order valence-corrected chi connectivity index (χ2v) is 6.59. The zero-order chi connectivity index (χ0) is 18.0. The van der Waals surface area contributed by atoms with Crippen LogP contribution < -0.4 is 10.2 Å². The number of para-hydroxylation sites is 2. The van der Waals surface area contributed by atoms with Crippen molar-refractivity contribution in [2.75, 3.05) is 16.8 Å². The zero-order valence-electron chi connectivity index (χ0n) is 14.3. The maximum atomic E-state index is 13.7. The van der Waals surface area contributed by atoms with Gasteiger partial charge in [0.1, 0.15) is 5.82 Å². The van der Waals surface area contributed by atoms with E-state index in [-0.39, 0.29) is 29.8 Å². The Morgan fingerprint density at radius 2 is 1.84 bits per heavy atom. The van der Waals surface area contributed by atoms with Gasteiger partial charge in [0.25, 0.3) is 0 Å². The third-order valence-electron chi connectivity index (χ3n) is 4.48. The minimum absolute atomic E-state index is 0.0817. The molecule has 1 atom stereocenters. The van der Waals surface area contributed by atoms with Crippen molar-refractivity contribution in [2.45, 2.75) is 26.2 Å². The summed E-state index contributed by atoms with van der Waals surface area (Å²) in [5.41, 5.74) is 2.07. The predicted octanol–water partition coefficient (Wildman–Crippen LogP) is 3.94. The van der Waals surface area contributed by atoms with Crippen LogP contribution in [0, 0.1) is 11.7 Å². The number of carbonyl (C=O) groups excluding carboxylic acids is 2. The predicted molar refractivity (Wildman–Crippen MR) is 96.0 cm³/mol. The van der Waals surface area contributed by atoms with E-state index >= 15 is 0 Å². The van der Waals surface area contributed by atoms with E-state index in [2.05, 4.69) is 19.2 Å². The maximum Gasteiger partial charge on any atom is 0.229 e. The summed E-state index contributed by atoms with van der Waals surface area (Å²) < 4.78 is 13.7. The molecule has 1 heterocycles. The standard InChI is InChI=1S/C20H21FN2O2/c1-13(2)15-7-3-6-10-18(15)23-12-14(11-19(23)24)20(25)22-17-9-5-4-8-16(17)21/h3-10,13-14H,11-12H2,1-2H3,(H,22,25). The van der Waals surface area contributed by atoms with Crippen LogP contribution in [0.1, 0.15) is 31.7 Å². The third kappa shape index (κ3) is 3.55. The molecular formula is C20H21FN2O2. The van der Waals surface area contributed by atoms with Gasteiger partial charge in [0, 0.05) is 18.7 Å². The molecule has 2 aromatic carbocycles. The Bertz CT molecular complexity index is 804. The van der Waals surface area contributed by atoms with Crippen molar-refractivity contribution in [3.63, 3.8) is 0 Å². The van der Waals surface area contributed by atoms with Gasteiger partial charge in [0.2, 0.25) is 11.8 Å². The summed E-state index contributed by atoms with van der Waals surface area (Å²) >= 11 is 0. The largest absolute Gasteiger partial charge is 0.323 e. The molecule has 1 saturated heterocycles. The van der Waals surface area contributed by atoms with Gasteiger partial charge in [-0.15, -0.1) is 0 Å². The first-order chi connectivity index (χ1) is 12.0. The van der Waals surface area contributed by atoms with Gasteiger partial charge in [-0.05, 0) is 29.7 Å². The number of nitrogens with zero attached hydrogens (tertiary/aromatic N) is 1. The molecule has 2 aromatic rings. The highest BCUT2D eigenvalue weighted by Crippen LogP contribution is 2.32. The van der Waals surface area contributed by atoms with Crippen molar-refractivity contribution < 1.29 is 14.0 Å². The van der Waals surface area contributed by atoms with Crippen molar-refractivity contribution >= 4 is 23.2 Å². The zero-order valence-corrected chi connectivity index (χ0v) is 14.3. The molecule has 5 heteroatoms. The lowest BCUT2D eigenvalue weighted by atomic mass is 10.0. The molecule has 130 valence electrons. The fraction of sp³-hybridized carbons (Fsp3) is 0.300. The van der Waals surface area contributed by atoms with Crippen molar-refractivity contribution in [3.8, 4) is 0 Å². The minimum atomic E-state index is -0.493. The summed E-state index contributed by atoms with van der Waals surface area (Å²) in [4.78, 5) is 26.6. The molecule has 0 bridgehead atoms. The highest BCUT2D eigenvalue weighted by molar-refractivity contribution is 6.03. The summed E-state index contributed by atoms with van der Waals surface area (Å²) in [7, 11) is 0. The van der Waals surface area contributed by atoms with Gasteiger partial charge < -0.3 is 10.2 Å². The summed E-state index contributed by atoms with van der Waals surface area (Å²) in [6.45, 7) is 4.45. The van der Waals surface area contributed by atoms with Gasteiger partial charge in [0.05, 0.1) is 11.6 Å². The van der Waals surface area contributed by atoms with E-state index in [1.807, 2.05) is 24.3 Å². The lowest BCUT2D eigenvalue weighted by Gasteiger charge is -2.22. The lowest BCUT2D eigenvalue weighted by molar-refractivity contribution is -0.122. The first-order valence-electron chi connectivity index (χ1n) is 8.42. The number of benzene rings is 2. The molecule has 1 fully saturated rings. The van der Waals surface area contributed by atoms with Crippen molar-refractivity contribution in [2.24, 2.45) is 5.92 Å². The van der Waals surface area contributed by atoms with Crippen LogP contribution in [-0.4, -0.2) is 18.4 Å². The highest BCUT2D eigenvalue weighted by atomic mass is 19.1. The van der Waals surface area contributed by atoms with Gasteiger partial charge in [-0.2, -0.15) is 0 Å². The number of anilines is 2. The quantitative estimate of drug-likeness (QED) is 0.916. The van der Waals surface area contributed by atoms with Crippen LogP contribution in [0.5, 0.6) is 0 Å². The Labute approximate surface area is 146 Å². The lowest BCUT2D eigenvalue weighted by Crippen LogP contribution is -2.29. The van der Waals surface area contributed by atoms with E-state index in [0.717, 1.165) is 11.3 Å². The van der Waals surface area contributed by atoms with E-state index in [1.165, 1.54) is 12.1 Å². The number of nitrogens with one attached hydrogen (secondary N) is 1. The van der Waals surface area contributed by atoms with Gasteiger partial charge in [-0.3, -0.25) is 9.59 Å². The Kier molecular flexibility index (Phi) is 4.83. The number of halogens is 1. The number of rotatable bonds is 4. The maximum absolute atomic E-state index is 13.7. The molecule has 0 aromatic heterocycles. The summed E-state index contributed by atoms with van der Waals surface area (Å²) in [6.07, 6.45) is 0.132. The molecule has 0 aliphatic carbocycles. The van der Waals surface area contributed by atoms with Gasteiger partial charge in [-0.25, -0.2) is 4.39 Å². The smallest absolute Gasteiger partial charge is 0.229 e. The molecule has 2 amide bonds. The highest BCUT2D eigenvalue weighted by Gasteiger charge is 2.36. The van der Waals surface area contributed by atoms with Crippen LogP contribution in [0.2, 0.25) is 0 Å². The first kappa shape index (κ1) is 17.1. The minimum Gasteiger partial charge on any atom is -0.323 e. The van der Waals surface area contributed by atoms with Crippen molar-refractivity contribution in [1.29, 1.82) is 0 Å². The summed E-state index contributed by atoms with van der Waals surface area (Å²) in [5, 5.41) is 2.59. The first-order valence-corrected chi connectivity index (χ1v) is 8.42. The van der Waals surface area contributed by atoms with Gasteiger partial charge in [-0.1, -0.05) is 44.2 Å². The third-order valence-corrected chi connectivity index (χ3v) is 4.48. The molecule has 1 aliphatic rings. The van der Waals surface area contributed by atoms with Crippen LogP contribution in [-0.2, 0) is 9.59 Å². The average Bonchev–Trinajstić information content (AvgIpc) is 2.98. The normalized spacial score (nSPS) is 17.2. The molecule has 1 unspecified atom stereocenters. The van der Waals surface area contributed by atoms with E-state index in [1.54, 1.807) is 17.0 Å². The average molecular weight is 340 g/mol. The van der Waals surface area contributed by atoms with E-state index < -0.39 is 11.7 Å². The molecule has 1 N–H and O–H groups in total. The molecule has 0 radical (unpaired) electrons. The fourth-order valence-corrected chi connectivity index (χ4v) is 3.13. The van der Waals surface area contributed by atoms with E-state index in [9.17, 15) is 14.0 Å². The summed E-state index contributed by atoms with van der Waals surface area (Å²) in [6, 6.07) is 13.8. The summed E-state index contributed by atoms with van der Waals surface area (Å²) in [5.74, 6) is -1.12. The fourth-order valence-electron chi connectivity index (χ4n) is 3.13. The van der Waals surface area contributed by atoms with Gasteiger partial charge >= 0.3 is 0 Å². The molecule has 3 rings (SSSR count). The number of hydrogen-bond donors (Lipinski definition) is 1. The Morgan fingerprint density at radius 1 is 1.16 bits per heavy atom.